The number of thiophene rings is 1. The van der Waals surface area contributed by atoms with E-state index in [2.05, 4.69) is 71.7 Å². The van der Waals surface area contributed by atoms with E-state index in [4.69, 9.17) is 0 Å². The summed E-state index contributed by atoms with van der Waals surface area (Å²) in [5.74, 6) is 0. The Bertz CT molecular complexity index is 825. The van der Waals surface area contributed by atoms with Crippen molar-refractivity contribution in [2.24, 2.45) is 0 Å². The van der Waals surface area contributed by atoms with Crippen molar-refractivity contribution in [3.63, 3.8) is 0 Å². The molecule has 2 nitrogen and oxygen atoms in total. The van der Waals surface area contributed by atoms with Crippen LogP contribution >= 0.6 is 11.3 Å². The number of rotatable bonds is 4. The van der Waals surface area contributed by atoms with Crippen LogP contribution < -0.4 is 5.32 Å². The molecule has 1 aliphatic heterocycles. The number of hydrogen-bond donors (Lipinski definition) is 1. The Morgan fingerprint density at radius 3 is 2.76 bits per heavy atom. The SMILES string of the molecule is CCc1ccc(C(c2cccc3ccccc23)N2CCCNCC2)s1. The fraction of sp³-hybridized carbons (Fsp3) is 0.364. The molecule has 1 unspecified atom stereocenters. The van der Waals surface area contributed by atoms with Gasteiger partial charge in [0.25, 0.3) is 0 Å². The number of nitrogens with one attached hydrogen (secondary N) is 1. The first-order valence-corrected chi connectivity index (χ1v) is 10.2. The largest absolute Gasteiger partial charge is 0.315 e. The summed E-state index contributed by atoms with van der Waals surface area (Å²) in [5, 5.41) is 6.28. The minimum Gasteiger partial charge on any atom is -0.315 e. The van der Waals surface area contributed by atoms with Gasteiger partial charge in [-0.1, -0.05) is 49.4 Å². The third kappa shape index (κ3) is 3.50. The molecule has 0 saturated carbocycles. The van der Waals surface area contributed by atoms with E-state index < -0.39 is 0 Å². The number of hydrogen-bond acceptors (Lipinski definition) is 3. The van der Waals surface area contributed by atoms with Crippen molar-refractivity contribution in [1.29, 1.82) is 0 Å². The number of aryl methyl sites for hydroxylation is 1. The van der Waals surface area contributed by atoms with Gasteiger partial charge in [-0.25, -0.2) is 0 Å². The van der Waals surface area contributed by atoms with Crippen LogP contribution in [0.5, 0.6) is 0 Å². The van der Waals surface area contributed by atoms with Crippen molar-refractivity contribution in [2.75, 3.05) is 26.2 Å². The Balaban J connectivity index is 1.83. The van der Waals surface area contributed by atoms with Crippen LogP contribution in [-0.4, -0.2) is 31.1 Å². The lowest BCUT2D eigenvalue weighted by Gasteiger charge is -2.31. The van der Waals surface area contributed by atoms with Gasteiger partial charge in [-0.05, 0) is 47.9 Å². The summed E-state index contributed by atoms with van der Waals surface area (Å²) in [5.41, 5.74) is 1.45. The molecule has 0 radical (unpaired) electrons. The molecule has 1 atom stereocenters. The van der Waals surface area contributed by atoms with Gasteiger partial charge >= 0.3 is 0 Å². The fourth-order valence-corrected chi connectivity index (χ4v) is 4.98. The summed E-state index contributed by atoms with van der Waals surface area (Å²) in [6, 6.07) is 20.6. The first-order chi connectivity index (χ1) is 12.4. The molecule has 3 aromatic rings. The quantitative estimate of drug-likeness (QED) is 0.724. The topological polar surface area (TPSA) is 15.3 Å². The second-order valence-corrected chi connectivity index (χ2v) is 7.97. The molecule has 2 aromatic carbocycles. The second kappa shape index (κ2) is 7.69. The average Bonchev–Trinajstić information content (AvgIpc) is 2.97. The van der Waals surface area contributed by atoms with Crippen molar-refractivity contribution >= 4 is 22.1 Å². The van der Waals surface area contributed by atoms with Crippen LogP contribution in [-0.2, 0) is 6.42 Å². The zero-order valence-corrected chi connectivity index (χ0v) is 15.7. The Labute approximate surface area is 154 Å². The molecule has 130 valence electrons. The lowest BCUT2D eigenvalue weighted by Crippen LogP contribution is -2.32. The Kier molecular flexibility index (Phi) is 5.16. The van der Waals surface area contributed by atoms with Crippen molar-refractivity contribution in [2.45, 2.75) is 25.8 Å². The molecule has 1 aliphatic rings. The molecule has 25 heavy (non-hydrogen) atoms. The Hall–Kier alpha value is -1.68. The van der Waals surface area contributed by atoms with Crippen molar-refractivity contribution in [1.82, 2.24) is 10.2 Å². The molecule has 0 bridgehead atoms. The van der Waals surface area contributed by atoms with Gasteiger partial charge in [0.15, 0.2) is 0 Å². The standard InChI is InChI=1S/C22H26N2S/c1-2-18-11-12-21(25-18)22(24-15-6-13-23-14-16-24)20-10-5-8-17-7-3-4-9-19(17)20/h3-5,7-12,22-23H,2,6,13-16H2,1H3. The van der Waals surface area contributed by atoms with Crippen LogP contribution in [0.1, 0.15) is 34.7 Å². The highest BCUT2D eigenvalue weighted by Gasteiger charge is 2.25. The first kappa shape index (κ1) is 16.8. The van der Waals surface area contributed by atoms with Gasteiger partial charge in [-0.2, -0.15) is 0 Å². The maximum absolute atomic E-state index is 3.55. The smallest absolute Gasteiger partial charge is 0.0702 e. The maximum atomic E-state index is 3.55. The van der Waals surface area contributed by atoms with E-state index in [-0.39, 0.29) is 0 Å². The summed E-state index contributed by atoms with van der Waals surface area (Å²) in [4.78, 5) is 5.64. The van der Waals surface area contributed by atoms with Crippen molar-refractivity contribution in [3.8, 4) is 0 Å². The van der Waals surface area contributed by atoms with E-state index in [0.29, 0.717) is 6.04 Å². The van der Waals surface area contributed by atoms with Crippen LogP contribution in [0.25, 0.3) is 10.8 Å². The Morgan fingerprint density at radius 2 is 1.88 bits per heavy atom. The minimum atomic E-state index is 0.358. The fourth-order valence-electron chi connectivity index (χ4n) is 3.88. The van der Waals surface area contributed by atoms with Crippen LogP contribution in [0.4, 0.5) is 0 Å². The monoisotopic (exact) mass is 350 g/mol. The highest BCUT2D eigenvalue weighted by molar-refractivity contribution is 7.12. The molecule has 0 aliphatic carbocycles. The molecule has 0 amide bonds. The number of nitrogens with zero attached hydrogens (tertiary/aromatic N) is 1. The van der Waals surface area contributed by atoms with E-state index >= 15 is 0 Å². The lowest BCUT2D eigenvalue weighted by molar-refractivity contribution is 0.245. The van der Waals surface area contributed by atoms with Crippen LogP contribution in [0, 0.1) is 0 Å². The summed E-state index contributed by atoms with van der Waals surface area (Å²) in [6.45, 7) is 6.71. The molecule has 1 N–H and O–H groups in total. The molecule has 1 aromatic heterocycles. The minimum absolute atomic E-state index is 0.358. The molecular formula is C22H26N2S. The zero-order valence-electron chi connectivity index (χ0n) is 14.9. The van der Waals surface area contributed by atoms with Crippen molar-refractivity contribution in [3.05, 3.63) is 69.9 Å². The summed E-state index contributed by atoms with van der Waals surface area (Å²) < 4.78 is 0. The summed E-state index contributed by atoms with van der Waals surface area (Å²) >= 11 is 1.98. The second-order valence-electron chi connectivity index (χ2n) is 6.77. The van der Waals surface area contributed by atoms with Gasteiger partial charge in [0, 0.05) is 29.4 Å². The third-order valence-electron chi connectivity index (χ3n) is 5.16. The summed E-state index contributed by atoms with van der Waals surface area (Å²) in [7, 11) is 0. The first-order valence-electron chi connectivity index (χ1n) is 9.38. The maximum Gasteiger partial charge on any atom is 0.0702 e. The number of benzene rings is 2. The van der Waals surface area contributed by atoms with Gasteiger partial charge in [-0.15, -0.1) is 11.3 Å². The third-order valence-corrected chi connectivity index (χ3v) is 6.44. The van der Waals surface area contributed by atoms with E-state index in [9.17, 15) is 0 Å². The van der Waals surface area contributed by atoms with Gasteiger partial charge < -0.3 is 5.32 Å². The number of fused-ring (bicyclic) bond motifs is 1. The predicted octanol–water partition coefficient (Wildman–Crippen LogP) is 4.85. The molecule has 2 heterocycles. The van der Waals surface area contributed by atoms with Gasteiger partial charge in [0.2, 0.25) is 0 Å². The normalized spacial score (nSPS) is 17.5. The van der Waals surface area contributed by atoms with E-state index in [0.717, 1.165) is 32.6 Å². The molecule has 1 saturated heterocycles. The van der Waals surface area contributed by atoms with E-state index in [1.165, 1.54) is 32.5 Å². The van der Waals surface area contributed by atoms with Crippen molar-refractivity contribution < 1.29 is 0 Å². The van der Waals surface area contributed by atoms with Crippen LogP contribution in [0.3, 0.4) is 0 Å². The lowest BCUT2D eigenvalue weighted by atomic mass is 9.96. The zero-order chi connectivity index (χ0) is 17.1. The van der Waals surface area contributed by atoms with Gasteiger partial charge in [0.1, 0.15) is 0 Å². The average molecular weight is 351 g/mol. The van der Waals surface area contributed by atoms with Crippen LogP contribution in [0.2, 0.25) is 0 Å². The molecular weight excluding hydrogens is 324 g/mol. The van der Waals surface area contributed by atoms with E-state index in [1.807, 2.05) is 11.3 Å². The highest BCUT2D eigenvalue weighted by Crippen LogP contribution is 2.37. The Morgan fingerprint density at radius 1 is 1.00 bits per heavy atom. The van der Waals surface area contributed by atoms with Gasteiger partial charge in [-0.3, -0.25) is 4.90 Å². The molecule has 3 heteroatoms. The molecule has 0 spiro atoms. The highest BCUT2D eigenvalue weighted by atomic mass is 32.1. The van der Waals surface area contributed by atoms with Gasteiger partial charge in [0.05, 0.1) is 6.04 Å². The molecule has 1 fully saturated rings. The van der Waals surface area contributed by atoms with Crippen LogP contribution in [0.15, 0.2) is 54.6 Å². The van der Waals surface area contributed by atoms with E-state index in [1.54, 1.807) is 0 Å². The predicted molar refractivity (Wildman–Crippen MR) is 109 cm³/mol. The molecule has 4 rings (SSSR count). The summed E-state index contributed by atoms with van der Waals surface area (Å²) in [6.07, 6.45) is 2.34.